The van der Waals surface area contributed by atoms with E-state index < -0.39 is 37.0 Å². The zero-order valence-corrected chi connectivity index (χ0v) is 23.7. The van der Waals surface area contributed by atoms with Crippen LogP contribution in [-0.2, 0) is 26.1 Å². The number of ether oxygens (including phenoxy) is 5. The maximum absolute atomic E-state index is 12.7. The highest BCUT2D eigenvalue weighted by molar-refractivity contribution is 5.87. The molecule has 6 atom stereocenters. The Hall–Kier alpha value is -4.08. The van der Waals surface area contributed by atoms with Gasteiger partial charge in [0.2, 0.25) is 6.79 Å². The van der Waals surface area contributed by atoms with Gasteiger partial charge in [0.05, 0.1) is 13.0 Å². The van der Waals surface area contributed by atoms with E-state index in [9.17, 15) is 14.7 Å². The molecule has 7 rings (SSSR count). The van der Waals surface area contributed by atoms with Gasteiger partial charge in [0.15, 0.2) is 11.5 Å². The molecule has 4 aliphatic rings. The van der Waals surface area contributed by atoms with Crippen molar-refractivity contribution >= 4 is 22.9 Å². The Bertz CT molecular complexity index is 1620. The molecular weight excluding hydrogens is 538 g/mol. The van der Waals surface area contributed by atoms with Crippen molar-refractivity contribution in [2.75, 3.05) is 27.5 Å². The number of nitrogens with zero attached hydrogens (tertiary/aromatic N) is 1. The molecule has 0 amide bonds. The summed E-state index contributed by atoms with van der Waals surface area (Å²) in [6.45, 7) is 2.05. The maximum atomic E-state index is 12.7. The summed E-state index contributed by atoms with van der Waals surface area (Å²) in [6, 6.07) is 15.4. The number of aliphatic hydroxyl groups is 1. The van der Waals surface area contributed by atoms with E-state index in [-0.39, 0.29) is 17.1 Å². The van der Waals surface area contributed by atoms with E-state index in [1.807, 2.05) is 48.5 Å². The molecule has 9 heteroatoms. The molecule has 9 nitrogen and oxygen atoms in total. The summed E-state index contributed by atoms with van der Waals surface area (Å²) in [6.07, 6.45) is 3.45. The van der Waals surface area contributed by atoms with Gasteiger partial charge in [-0.3, -0.25) is 4.79 Å². The van der Waals surface area contributed by atoms with Crippen LogP contribution in [-0.4, -0.2) is 67.9 Å². The first kappa shape index (κ1) is 26.8. The number of likely N-dealkylation sites (N-methyl/N-ethyl adjacent to an activating group) is 1. The molecule has 3 aromatic rings. The number of aliphatic hydroxyl groups excluding tert-OH is 1. The van der Waals surface area contributed by atoms with Crippen LogP contribution < -0.4 is 14.2 Å². The Labute approximate surface area is 243 Å². The average Bonchev–Trinajstić information content (AvgIpc) is 3.36. The normalized spacial score (nSPS) is 27.5. The molecule has 0 saturated carbocycles. The van der Waals surface area contributed by atoms with Crippen molar-refractivity contribution < 1.29 is 38.4 Å². The summed E-state index contributed by atoms with van der Waals surface area (Å²) in [5.74, 6) is 0.587. The van der Waals surface area contributed by atoms with E-state index in [1.165, 1.54) is 0 Å². The van der Waals surface area contributed by atoms with E-state index in [4.69, 9.17) is 23.7 Å². The molecule has 1 spiro atoms. The maximum Gasteiger partial charge on any atom is 0.516 e. The van der Waals surface area contributed by atoms with Crippen LogP contribution in [0.5, 0.6) is 17.2 Å². The quantitative estimate of drug-likeness (QED) is 0.199. The van der Waals surface area contributed by atoms with Gasteiger partial charge < -0.3 is 33.7 Å². The van der Waals surface area contributed by atoms with E-state index in [0.29, 0.717) is 11.8 Å². The standard InChI is InChI=1S/C33H33NO8/c1-18(19-4-5-21-15-23(38-3)8-6-20(21)14-19)31(36)39-17-40-32(37)41-27-11-7-22-16-25-24-9-10-26(35)30-33(24,12-13-34(25)2)28(22)29(27)42-30/h4-11,14-15,18,24-26,30,35H,12-13,16-17H2,1-3H3/t18?,24?,25-,26?,30+,33+/m1/s1. The van der Waals surface area contributed by atoms with Crippen molar-refractivity contribution in [2.45, 2.75) is 49.3 Å². The Balaban J connectivity index is 1.02. The number of benzene rings is 3. The van der Waals surface area contributed by atoms with Crippen LogP contribution in [0.25, 0.3) is 10.8 Å². The number of hydrogen-bond acceptors (Lipinski definition) is 9. The van der Waals surface area contributed by atoms with Crippen LogP contribution in [0, 0.1) is 5.92 Å². The first-order valence-corrected chi connectivity index (χ1v) is 14.3. The lowest BCUT2D eigenvalue weighted by atomic mass is 9.53. The third-order valence-corrected chi connectivity index (χ3v) is 9.63. The summed E-state index contributed by atoms with van der Waals surface area (Å²) in [5.41, 5.74) is 2.60. The second-order valence-electron chi connectivity index (χ2n) is 11.7. The number of fused-ring (bicyclic) bond motifs is 1. The van der Waals surface area contributed by atoms with Gasteiger partial charge in [0.1, 0.15) is 18.0 Å². The van der Waals surface area contributed by atoms with E-state index in [1.54, 1.807) is 20.1 Å². The van der Waals surface area contributed by atoms with Crippen molar-refractivity contribution in [2.24, 2.45) is 5.92 Å². The summed E-state index contributed by atoms with van der Waals surface area (Å²) < 4.78 is 27.6. The Kier molecular flexibility index (Phi) is 6.40. The van der Waals surface area contributed by atoms with E-state index in [2.05, 4.69) is 18.0 Å². The zero-order chi connectivity index (χ0) is 29.2. The molecule has 218 valence electrons. The summed E-state index contributed by atoms with van der Waals surface area (Å²) in [7, 11) is 3.76. The lowest BCUT2D eigenvalue weighted by molar-refractivity contribution is -0.154. The number of rotatable bonds is 6. The molecule has 1 saturated heterocycles. The molecule has 2 bridgehead atoms. The molecule has 2 heterocycles. The molecule has 42 heavy (non-hydrogen) atoms. The van der Waals surface area contributed by atoms with Crippen LogP contribution in [0.15, 0.2) is 60.7 Å². The van der Waals surface area contributed by atoms with Gasteiger partial charge in [-0.05, 0) is 73.5 Å². The lowest BCUT2D eigenvalue weighted by Gasteiger charge is -2.56. The Morgan fingerprint density at radius 1 is 1.10 bits per heavy atom. The number of likely N-dealkylation sites (tertiary alicyclic amines) is 1. The number of methoxy groups -OCH3 is 1. The molecule has 0 aromatic heterocycles. The Morgan fingerprint density at radius 3 is 2.74 bits per heavy atom. The number of carbonyl (C=O) groups is 2. The van der Waals surface area contributed by atoms with Crippen molar-refractivity contribution in [1.82, 2.24) is 4.90 Å². The van der Waals surface area contributed by atoms with Gasteiger partial charge in [-0.25, -0.2) is 4.79 Å². The minimum Gasteiger partial charge on any atom is -0.497 e. The van der Waals surface area contributed by atoms with Crippen LogP contribution in [0.2, 0.25) is 0 Å². The highest BCUT2D eigenvalue weighted by atomic mass is 16.8. The lowest BCUT2D eigenvalue weighted by Crippen LogP contribution is -2.64. The molecule has 3 unspecified atom stereocenters. The number of hydrogen-bond donors (Lipinski definition) is 1. The highest BCUT2D eigenvalue weighted by Crippen LogP contribution is 2.62. The first-order chi connectivity index (χ1) is 20.3. The smallest absolute Gasteiger partial charge is 0.497 e. The van der Waals surface area contributed by atoms with Crippen LogP contribution in [0.1, 0.15) is 36.0 Å². The van der Waals surface area contributed by atoms with Crippen LogP contribution in [0.4, 0.5) is 4.79 Å². The van der Waals surface area contributed by atoms with Crippen molar-refractivity contribution in [3.8, 4) is 17.2 Å². The SMILES string of the molecule is COc1ccc2cc(C(C)C(=O)OCOC(=O)Oc3ccc4c5c3O[C@H]3C(O)C=CC6[C@@H](C4)N(C)CC[C@@]563)ccc2c1. The number of esters is 1. The predicted octanol–water partition coefficient (Wildman–Crippen LogP) is 4.47. The molecule has 2 aliphatic heterocycles. The zero-order valence-electron chi connectivity index (χ0n) is 23.7. The van der Waals surface area contributed by atoms with Crippen molar-refractivity contribution in [1.29, 1.82) is 0 Å². The largest absolute Gasteiger partial charge is 0.516 e. The molecule has 3 aromatic carbocycles. The topological polar surface area (TPSA) is 104 Å². The van der Waals surface area contributed by atoms with E-state index in [0.717, 1.165) is 52.6 Å². The molecule has 1 N–H and O–H groups in total. The molecule has 2 aliphatic carbocycles. The van der Waals surface area contributed by atoms with Crippen LogP contribution >= 0.6 is 0 Å². The predicted molar refractivity (Wildman–Crippen MR) is 153 cm³/mol. The van der Waals surface area contributed by atoms with E-state index >= 15 is 0 Å². The molecule has 0 radical (unpaired) electrons. The fraction of sp³-hybridized carbons (Fsp3) is 0.394. The summed E-state index contributed by atoms with van der Waals surface area (Å²) in [5, 5.41) is 12.9. The molecule has 1 fully saturated rings. The monoisotopic (exact) mass is 571 g/mol. The third-order valence-electron chi connectivity index (χ3n) is 9.63. The van der Waals surface area contributed by atoms with Gasteiger partial charge in [-0.2, -0.15) is 0 Å². The van der Waals surface area contributed by atoms with Crippen LogP contribution in [0.3, 0.4) is 0 Å². The van der Waals surface area contributed by atoms with Gasteiger partial charge in [0, 0.05) is 22.9 Å². The van der Waals surface area contributed by atoms with Gasteiger partial charge in [0.25, 0.3) is 0 Å². The fourth-order valence-corrected chi connectivity index (χ4v) is 7.46. The first-order valence-electron chi connectivity index (χ1n) is 14.3. The minimum absolute atomic E-state index is 0.201. The second kappa shape index (κ2) is 10.0. The minimum atomic E-state index is -1.01. The fourth-order valence-electron chi connectivity index (χ4n) is 7.46. The van der Waals surface area contributed by atoms with Gasteiger partial charge in [-0.15, -0.1) is 0 Å². The van der Waals surface area contributed by atoms with Crippen molar-refractivity contribution in [3.05, 3.63) is 77.4 Å². The molecular formula is C33H33NO8. The average molecular weight is 572 g/mol. The summed E-state index contributed by atoms with van der Waals surface area (Å²) in [4.78, 5) is 27.8. The third kappa shape index (κ3) is 4.06. The Morgan fingerprint density at radius 2 is 1.90 bits per heavy atom. The van der Waals surface area contributed by atoms with Gasteiger partial charge in [-0.1, -0.05) is 42.5 Å². The summed E-state index contributed by atoms with van der Waals surface area (Å²) >= 11 is 0. The van der Waals surface area contributed by atoms with Crippen molar-refractivity contribution in [3.63, 3.8) is 0 Å². The number of carbonyl (C=O) groups excluding carboxylic acids is 2. The van der Waals surface area contributed by atoms with Gasteiger partial charge >= 0.3 is 12.1 Å². The highest BCUT2D eigenvalue weighted by Gasteiger charge is 2.64. The second-order valence-corrected chi connectivity index (χ2v) is 11.7. The number of piperidine rings is 1.